The summed E-state index contributed by atoms with van der Waals surface area (Å²) < 4.78 is 4.81. The Morgan fingerprint density at radius 3 is 3.18 bits per heavy atom. The molecule has 0 aliphatic heterocycles. The first-order chi connectivity index (χ1) is 5.33. The molecule has 1 unspecified atom stereocenters. The Morgan fingerprint density at radius 2 is 2.45 bits per heavy atom. The number of carbonyl (C=O) groups is 1. The molecule has 1 aliphatic carbocycles. The highest BCUT2D eigenvalue weighted by Gasteiger charge is 2.08. The molecule has 0 saturated carbocycles. The maximum Gasteiger partial charge on any atom is 0.298 e. The van der Waals surface area contributed by atoms with E-state index < -0.39 is 0 Å². The predicted molar refractivity (Wildman–Crippen MR) is 42.9 cm³/mol. The van der Waals surface area contributed by atoms with Gasteiger partial charge in [0, 0.05) is 6.42 Å². The normalized spacial score (nSPS) is 25.2. The lowest BCUT2D eigenvalue weighted by Gasteiger charge is -2.01. The Kier molecular flexibility index (Phi) is 3.14. The van der Waals surface area contributed by atoms with Crippen LogP contribution in [0.4, 0.5) is 0 Å². The first-order valence-corrected chi connectivity index (χ1v) is 4.14. The molecule has 2 nitrogen and oxygen atoms in total. The Balaban J connectivity index is 2.51. The Hall–Kier alpha value is -0.790. The van der Waals surface area contributed by atoms with Crippen LogP contribution in [0, 0.1) is 5.92 Å². The van der Waals surface area contributed by atoms with Gasteiger partial charge in [0.2, 0.25) is 0 Å². The number of carbonyl (C=O) groups excluding carboxylic acids is 1. The van der Waals surface area contributed by atoms with E-state index in [1.54, 1.807) is 0 Å². The van der Waals surface area contributed by atoms with Gasteiger partial charge in [-0.3, -0.25) is 4.79 Å². The second kappa shape index (κ2) is 4.16. The van der Waals surface area contributed by atoms with Crippen molar-refractivity contribution in [3.63, 3.8) is 0 Å². The van der Waals surface area contributed by atoms with Crippen LogP contribution in [0.3, 0.4) is 0 Å². The largest absolute Gasteiger partial charge is 0.434 e. The van der Waals surface area contributed by atoms with Crippen LogP contribution in [0.1, 0.15) is 32.6 Å². The summed E-state index contributed by atoms with van der Waals surface area (Å²) in [5, 5.41) is 0. The second-order valence-corrected chi connectivity index (χ2v) is 3.07. The standard InChI is InChI=1S/C9H14O2/c1-8-4-2-3-5-9(6-8)11-7-10/h6-8H,2-5H2,1H3. The van der Waals surface area contributed by atoms with E-state index in [0.717, 1.165) is 18.6 Å². The van der Waals surface area contributed by atoms with Crippen LogP contribution in [-0.4, -0.2) is 6.47 Å². The van der Waals surface area contributed by atoms with Gasteiger partial charge in [-0.15, -0.1) is 0 Å². The maximum absolute atomic E-state index is 10.0. The van der Waals surface area contributed by atoms with Crippen molar-refractivity contribution < 1.29 is 9.53 Å². The average Bonchev–Trinajstić information content (AvgIpc) is 2.15. The van der Waals surface area contributed by atoms with Crippen LogP contribution >= 0.6 is 0 Å². The van der Waals surface area contributed by atoms with Gasteiger partial charge >= 0.3 is 0 Å². The number of rotatable bonds is 2. The molecule has 1 aliphatic rings. The third-order valence-corrected chi connectivity index (χ3v) is 2.00. The van der Waals surface area contributed by atoms with E-state index in [0.29, 0.717) is 12.4 Å². The van der Waals surface area contributed by atoms with Gasteiger partial charge < -0.3 is 4.74 Å². The molecule has 0 saturated heterocycles. The van der Waals surface area contributed by atoms with Crippen molar-refractivity contribution in [2.24, 2.45) is 5.92 Å². The van der Waals surface area contributed by atoms with Gasteiger partial charge in [0.15, 0.2) is 0 Å². The van der Waals surface area contributed by atoms with Gasteiger partial charge in [-0.05, 0) is 24.8 Å². The highest BCUT2D eigenvalue weighted by Crippen LogP contribution is 2.21. The minimum atomic E-state index is 0.518. The number of ether oxygens (including phenoxy) is 1. The van der Waals surface area contributed by atoms with E-state index in [9.17, 15) is 4.79 Å². The molecule has 0 aromatic heterocycles. The summed E-state index contributed by atoms with van der Waals surface area (Å²) in [5.74, 6) is 1.41. The van der Waals surface area contributed by atoms with Crippen molar-refractivity contribution in [2.75, 3.05) is 0 Å². The molecule has 0 N–H and O–H groups in total. The summed E-state index contributed by atoms with van der Waals surface area (Å²) in [7, 11) is 0. The monoisotopic (exact) mass is 154 g/mol. The topological polar surface area (TPSA) is 26.3 Å². The number of allylic oxidation sites excluding steroid dienone is 2. The third kappa shape index (κ3) is 2.74. The van der Waals surface area contributed by atoms with Gasteiger partial charge in [0.05, 0.1) is 0 Å². The average molecular weight is 154 g/mol. The van der Waals surface area contributed by atoms with Crippen LogP contribution < -0.4 is 0 Å². The summed E-state index contributed by atoms with van der Waals surface area (Å²) in [5.41, 5.74) is 0. The molecular weight excluding hydrogens is 140 g/mol. The van der Waals surface area contributed by atoms with Crippen LogP contribution in [-0.2, 0) is 9.53 Å². The molecule has 0 spiro atoms. The van der Waals surface area contributed by atoms with Crippen molar-refractivity contribution in [1.29, 1.82) is 0 Å². The van der Waals surface area contributed by atoms with Gasteiger partial charge in [-0.25, -0.2) is 0 Å². The number of hydrogen-bond donors (Lipinski definition) is 0. The first kappa shape index (κ1) is 8.31. The fourth-order valence-corrected chi connectivity index (χ4v) is 1.41. The van der Waals surface area contributed by atoms with Gasteiger partial charge in [-0.1, -0.05) is 13.3 Å². The molecule has 11 heavy (non-hydrogen) atoms. The zero-order valence-corrected chi connectivity index (χ0v) is 6.88. The molecule has 0 fully saturated rings. The van der Waals surface area contributed by atoms with E-state index in [2.05, 4.69) is 13.0 Å². The second-order valence-electron chi connectivity index (χ2n) is 3.07. The van der Waals surface area contributed by atoms with Gasteiger partial charge in [0.1, 0.15) is 5.76 Å². The van der Waals surface area contributed by atoms with E-state index >= 15 is 0 Å². The van der Waals surface area contributed by atoms with E-state index in [1.165, 1.54) is 12.8 Å². The van der Waals surface area contributed by atoms with Crippen molar-refractivity contribution in [2.45, 2.75) is 32.6 Å². The molecule has 0 aromatic carbocycles. The molecule has 62 valence electrons. The summed E-state index contributed by atoms with van der Waals surface area (Å²) >= 11 is 0. The number of hydrogen-bond acceptors (Lipinski definition) is 2. The van der Waals surface area contributed by atoms with Crippen molar-refractivity contribution in [1.82, 2.24) is 0 Å². The summed E-state index contributed by atoms with van der Waals surface area (Å²) in [6, 6.07) is 0. The summed E-state index contributed by atoms with van der Waals surface area (Å²) in [6.45, 7) is 2.67. The molecular formula is C9H14O2. The first-order valence-electron chi connectivity index (χ1n) is 4.14. The molecule has 1 rings (SSSR count). The predicted octanol–water partition coefficient (Wildman–Crippen LogP) is 2.25. The lowest BCUT2D eigenvalue weighted by atomic mass is 10.1. The van der Waals surface area contributed by atoms with E-state index in [4.69, 9.17) is 4.74 Å². The molecule has 1 atom stereocenters. The summed E-state index contributed by atoms with van der Waals surface area (Å²) in [6.07, 6.45) is 6.57. The van der Waals surface area contributed by atoms with Crippen molar-refractivity contribution in [3.05, 3.63) is 11.8 Å². The highest BCUT2D eigenvalue weighted by atomic mass is 16.5. The smallest absolute Gasteiger partial charge is 0.298 e. The molecule has 0 radical (unpaired) electrons. The molecule has 0 amide bonds. The fraction of sp³-hybridized carbons (Fsp3) is 0.667. The zero-order chi connectivity index (χ0) is 8.10. The van der Waals surface area contributed by atoms with Crippen LogP contribution in [0.2, 0.25) is 0 Å². The maximum atomic E-state index is 10.0. The van der Waals surface area contributed by atoms with Crippen LogP contribution in [0.5, 0.6) is 0 Å². The molecule has 0 heterocycles. The highest BCUT2D eigenvalue weighted by molar-refractivity contribution is 5.39. The minimum absolute atomic E-state index is 0.518. The van der Waals surface area contributed by atoms with Gasteiger partial charge in [0.25, 0.3) is 6.47 Å². The summed E-state index contributed by atoms with van der Waals surface area (Å²) in [4.78, 5) is 10.0. The van der Waals surface area contributed by atoms with E-state index in [-0.39, 0.29) is 0 Å². The quantitative estimate of drug-likeness (QED) is 0.570. The SMILES string of the molecule is CC1C=C(OC=O)CCCC1. The van der Waals surface area contributed by atoms with Crippen molar-refractivity contribution in [3.8, 4) is 0 Å². The molecule has 0 bridgehead atoms. The van der Waals surface area contributed by atoms with Gasteiger partial charge in [-0.2, -0.15) is 0 Å². The van der Waals surface area contributed by atoms with Crippen LogP contribution in [0.15, 0.2) is 11.8 Å². The Morgan fingerprint density at radius 1 is 1.64 bits per heavy atom. The molecule has 2 heteroatoms. The molecule has 0 aromatic rings. The lowest BCUT2D eigenvalue weighted by Crippen LogP contribution is -1.91. The zero-order valence-electron chi connectivity index (χ0n) is 6.88. The third-order valence-electron chi connectivity index (χ3n) is 2.00. The Bertz CT molecular complexity index is 161. The lowest BCUT2D eigenvalue weighted by molar-refractivity contribution is -0.125. The Labute approximate surface area is 67.2 Å². The van der Waals surface area contributed by atoms with Crippen molar-refractivity contribution >= 4 is 6.47 Å². The fourth-order valence-electron chi connectivity index (χ4n) is 1.41. The minimum Gasteiger partial charge on any atom is -0.434 e. The van der Waals surface area contributed by atoms with E-state index in [1.807, 2.05) is 0 Å². The van der Waals surface area contributed by atoms with Crippen LogP contribution in [0.25, 0.3) is 0 Å².